The van der Waals surface area contributed by atoms with Crippen molar-refractivity contribution in [1.82, 2.24) is 0 Å². The van der Waals surface area contributed by atoms with Gasteiger partial charge in [0.15, 0.2) is 0 Å². The van der Waals surface area contributed by atoms with E-state index < -0.39 is 0 Å². The first-order chi connectivity index (χ1) is 8.27. The summed E-state index contributed by atoms with van der Waals surface area (Å²) in [4.78, 5) is 5.73. The van der Waals surface area contributed by atoms with Crippen LogP contribution in [0.25, 0.3) is 0 Å². The number of oxime groups is 1. The maximum absolute atomic E-state index is 5.94. The minimum Gasteiger partial charge on any atom is -0.389 e. The van der Waals surface area contributed by atoms with E-state index in [0.717, 1.165) is 37.8 Å². The number of rotatable bonds is 1. The van der Waals surface area contributed by atoms with E-state index >= 15 is 0 Å². The number of nitrogens with two attached hydrogens (primary N) is 1. The summed E-state index contributed by atoms with van der Waals surface area (Å²) in [7, 11) is 0. The van der Waals surface area contributed by atoms with Crippen molar-refractivity contribution in [3.05, 3.63) is 35.9 Å². The fourth-order valence-electron chi connectivity index (χ4n) is 2.74. The number of benzene rings is 1. The molecule has 3 rings (SSSR count). The lowest BCUT2D eigenvalue weighted by atomic mass is 9.79. The largest absolute Gasteiger partial charge is 0.389 e. The molecule has 0 saturated heterocycles. The van der Waals surface area contributed by atoms with Gasteiger partial charge in [0.25, 0.3) is 0 Å². The molecule has 1 saturated carbocycles. The first-order valence-electron chi connectivity index (χ1n) is 6.34. The number of hydrogen-bond donors (Lipinski definition) is 1. The normalized spacial score (nSPS) is 32.3. The summed E-state index contributed by atoms with van der Waals surface area (Å²) in [6.07, 6.45) is 5.11. The van der Waals surface area contributed by atoms with Crippen LogP contribution in [0.5, 0.6) is 0 Å². The zero-order valence-electron chi connectivity index (χ0n) is 9.93. The van der Waals surface area contributed by atoms with Gasteiger partial charge in [0.1, 0.15) is 5.60 Å². The van der Waals surface area contributed by atoms with Gasteiger partial charge in [-0.1, -0.05) is 35.5 Å². The summed E-state index contributed by atoms with van der Waals surface area (Å²) >= 11 is 0. The first-order valence-corrected chi connectivity index (χ1v) is 6.34. The third-order valence-electron chi connectivity index (χ3n) is 3.89. The van der Waals surface area contributed by atoms with Gasteiger partial charge in [0.05, 0.1) is 5.71 Å². The molecule has 3 heteroatoms. The number of nitrogens with zero attached hydrogens (tertiary/aromatic N) is 1. The molecular formula is C14H18N2O. The maximum atomic E-state index is 5.94. The van der Waals surface area contributed by atoms with Gasteiger partial charge in [-0.3, -0.25) is 0 Å². The minimum absolute atomic E-state index is 0.0545. The molecule has 3 nitrogen and oxygen atoms in total. The molecule has 2 aliphatic rings. The molecule has 0 atom stereocenters. The van der Waals surface area contributed by atoms with Crippen molar-refractivity contribution in [2.24, 2.45) is 10.9 Å². The highest BCUT2D eigenvalue weighted by molar-refractivity contribution is 6.01. The van der Waals surface area contributed by atoms with Crippen molar-refractivity contribution in [3.8, 4) is 0 Å². The second kappa shape index (κ2) is 4.15. The molecular weight excluding hydrogens is 212 g/mol. The van der Waals surface area contributed by atoms with E-state index in [1.807, 2.05) is 18.2 Å². The summed E-state index contributed by atoms with van der Waals surface area (Å²) in [5.74, 6) is 0. The van der Waals surface area contributed by atoms with Gasteiger partial charge in [-0.2, -0.15) is 0 Å². The van der Waals surface area contributed by atoms with Crippen LogP contribution in [0.2, 0.25) is 0 Å². The fraction of sp³-hybridized carbons (Fsp3) is 0.500. The quantitative estimate of drug-likeness (QED) is 0.805. The van der Waals surface area contributed by atoms with Crippen LogP contribution in [0, 0.1) is 0 Å². The van der Waals surface area contributed by atoms with Crippen molar-refractivity contribution in [2.45, 2.75) is 43.7 Å². The van der Waals surface area contributed by atoms with Gasteiger partial charge >= 0.3 is 0 Å². The Kier molecular flexibility index (Phi) is 2.63. The standard InChI is InChI=1S/C14H18N2O/c15-12-6-8-14(9-7-12)10-13(16-17-14)11-4-2-1-3-5-11/h1-5,12H,6-10,15H2. The lowest BCUT2D eigenvalue weighted by molar-refractivity contribution is -0.0478. The minimum atomic E-state index is -0.0545. The molecule has 0 unspecified atom stereocenters. The van der Waals surface area contributed by atoms with Crippen molar-refractivity contribution >= 4 is 5.71 Å². The van der Waals surface area contributed by atoms with Crippen LogP contribution in [-0.4, -0.2) is 17.4 Å². The molecule has 17 heavy (non-hydrogen) atoms. The fourth-order valence-corrected chi connectivity index (χ4v) is 2.74. The van der Waals surface area contributed by atoms with E-state index in [2.05, 4.69) is 17.3 Å². The highest BCUT2D eigenvalue weighted by Gasteiger charge is 2.41. The molecule has 1 aromatic carbocycles. The Labute approximate surface area is 102 Å². The molecule has 0 radical (unpaired) electrons. The topological polar surface area (TPSA) is 47.6 Å². The molecule has 2 N–H and O–H groups in total. The van der Waals surface area contributed by atoms with E-state index in [1.165, 1.54) is 5.56 Å². The second-order valence-corrected chi connectivity index (χ2v) is 5.19. The molecule has 0 aromatic heterocycles. The van der Waals surface area contributed by atoms with E-state index in [9.17, 15) is 0 Å². The summed E-state index contributed by atoms with van der Waals surface area (Å²) < 4.78 is 0. The Balaban J connectivity index is 1.73. The van der Waals surface area contributed by atoms with Crippen LogP contribution in [0.15, 0.2) is 35.5 Å². The van der Waals surface area contributed by atoms with Crippen LogP contribution in [0.1, 0.15) is 37.7 Å². The third-order valence-corrected chi connectivity index (χ3v) is 3.89. The number of hydrogen-bond acceptors (Lipinski definition) is 3. The molecule has 1 spiro atoms. The summed E-state index contributed by atoms with van der Waals surface area (Å²) in [6.45, 7) is 0. The first kappa shape index (κ1) is 10.8. The zero-order chi connectivity index (χ0) is 11.7. The lowest BCUT2D eigenvalue weighted by Crippen LogP contribution is -2.39. The third kappa shape index (κ3) is 2.07. The second-order valence-electron chi connectivity index (χ2n) is 5.19. The van der Waals surface area contributed by atoms with Crippen LogP contribution >= 0.6 is 0 Å². The highest BCUT2D eigenvalue weighted by Crippen LogP contribution is 2.39. The molecule has 0 bridgehead atoms. The van der Waals surface area contributed by atoms with E-state index in [0.29, 0.717) is 6.04 Å². The molecule has 90 valence electrons. The van der Waals surface area contributed by atoms with Crippen molar-refractivity contribution in [1.29, 1.82) is 0 Å². The summed E-state index contributed by atoms with van der Waals surface area (Å²) in [5, 5.41) is 4.28. The van der Waals surface area contributed by atoms with Crippen molar-refractivity contribution in [3.63, 3.8) is 0 Å². The van der Waals surface area contributed by atoms with Crippen LogP contribution in [0.4, 0.5) is 0 Å². The lowest BCUT2D eigenvalue weighted by Gasteiger charge is -2.33. The molecule has 1 aromatic rings. The van der Waals surface area contributed by atoms with Gasteiger partial charge in [0.2, 0.25) is 0 Å². The zero-order valence-corrected chi connectivity index (χ0v) is 9.93. The molecule has 1 fully saturated rings. The Morgan fingerprint density at radius 2 is 1.88 bits per heavy atom. The van der Waals surface area contributed by atoms with E-state index in [-0.39, 0.29) is 5.60 Å². The SMILES string of the molecule is NC1CCC2(CC1)CC(c1ccccc1)=NO2. The van der Waals surface area contributed by atoms with Crippen LogP contribution in [0.3, 0.4) is 0 Å². The Morgan fingerprint density at radius 1 is 1.18 bits per heavy atom. The van der Waals surface area contributed by atoms with Gasteiger partial charge < -0.3 is 10.6 Å². The average molecular weight is 230 g/mol. The van der Waals surface area contributed by atoms with E-state index in [1.54, 1.807) is 0 Å². The van der Waals surface area contributed by atoms with Gasteiger partial charge in [-0.05, 0) is 31.2 Å². The maximum Gasteiger partial charge on any atom is 0.143 e. The average Bonchev–Trinajstić information content (AvgIpc) is 2.79. The smallest absolute Gasteiger partial charge is 0.143 e. The highest BCUT2D eigenvalue weighted by atomic mass is 16.7. The summed E-state index contributed by atoms with van der Waals surface area (Å²) in [5.41, 5.74) is 8.15. The van der Waals surface area contributed by atoms with Crippen LogP contribution in [-0.2, 0) is 4.84 Å². The van der Waals surface area contributed by atoms with Gasteiger partial charge in [-0.25, -0.2) is 0 Å². The van der Waals surface area contributed by atoms with Crippen LogP contribution < -0.4 is 5.73 Å². The molecule has 1 aliphatic carbocycles. The van der Waals surface area contributed by atoms with E-state index in [4.69, 9.17) is 10.6 Å². The monoisotopic (exact) mass is 230 g/mol. The predicted molar refractivity (Wildman–Crippen MR) is 67.9 cm³/mol. The molecule has 1 aliphatic heterocycles. The molecule has 0 amide bonds. The van der Waals surface area contributed by atoms with Gasteiger partial charge in [-0.15, -0.1) is 0 Å². The summed E-state index contributed by atoms with van der Waals surface area (Å²) in [6, 6.07) is 10.6. The van der Waals surface area contributed by atoms with Crippen molar-refractivity contribution in [2.75, 3.05) is 0 Å². The predicted octanol–water partition coefficient (Wildman–Crippen LogP) is 2.45. The molecule has 1 heterocycles. The Bertz CT molecular complexity index is 419. The van der Waals surface area contributed by atoms with Crippen molar-refractivity contribution < 1.29 is 4.84 Å². The Morgan fingerprint density at radius 3 is 2.59 bits per heavy atom. The van der Waals surface area contributed by atoms with Gasteiger partial charge in [0, 0.05) is 12.5 Å². The Hall–Kier alpha value is -1.35.